The van der Waals surface area contributed by atoms with Crippen LogP contribution in [0, 0.1) is 9.49 Å². The molecule has 0 radical (unpaired) electrons. The summed E-state index contributed by atoms with van der Waals surface area (Å²) in [4.78, 5) is 0. The molecule has 0 spiro atoms. The van der Waals surface area contributed by atoms with Crippen molar-refractivity contribution in [3.8, 4) is 0 Å². The molecule has 0 amide bonds. The second-order valence-electron chi connectivity index (χ2n) is 4.80. The SMILES string of the molecule is NC(c1ccccc1I)C1CCCCCC1. The summed E-state index contributed by atoms with van der Waals surface area (Å²) in [5.74, 6) is 0.693. The van der Waals surface area contributed by atoms with Crippen LogP contribution in [0.3, 0.4) is 0 Å². The van der Waals surface area contributed by atoms with E-state index in [1.807, 2.05) is 0 Å². The number of halogens is 1. The van der Waals surface area contributed by atoms with Gasteiger partial charge in [0.05, 0.1) is 0 Å². The molecule has 2 N–H and O–H groups in total. The van der Waals surface area contributed by atoms with E-state index in [1.165, 1.54) is 47.7 Å². The summed E-state index contributed by atoms with van der Waals surface area (Å²) in [6.45, 7) is 0. The zero-order valence-corrected chi connectivity index (χ0v) is 11.8. The molecule has 2 heteroatoms. The Bertz CT molecular complexity index is 329. The highest BCUT2D eigenvalue weighted by Gasteiger charge is 2.21. The van der Waals surface area contributed by atoms with E-state index in [9.17, 15) is 0 Å². The van der Waals surface area contributed by atoms with Gasteiger partial charge < -0.3 is 5.73 Å². The summed E-state index contributed by atoms with van der Waals surface area (Å²) in [5, 5.41) is 0. The zero-order valence-electron chi connectivity index (χ0n) is 9.66. The van der Waals surface area contributed by atoms with Gasteiger partial charge in [0.15, 0.2) is 0 Å². The first-order chi connectivity index (χ1) is 7.79. The average Bonchev–Trinajstić information content (AvgIpc) is 2.57. The van der Waals surface area contributed by atoms with Gasteiger partial charge in [0.25, 0.3) is 0 Å². The number of hydrogen-bond donors (Lipinski definition) is 1. The molecule has 1 saturated carbocycles. The molecule has 1 fully saturated rings. The summed E-state index contributed by atoms with van der Waals surface area (Å²) < 4.78 is 1.32. The summed E-state index contributed by atoms with van der Waals surface area (Å²) in [6, 6.07) is 8.79. The van der Waals surface area contributed by atoms with E-state index in [0.29, 0.717) is 5.92 Å². The zero-order chi connectivity index (χ0) is 11.4. The predicted molar refractivity (Wildman–Crippen MR) is 77.3 cm³/mol. The van der Waals surface area contributed by atoms with Crippen LogP contribution >= 0.6 is 22.6 Å². The minimum atomic E-state index is 0.242. The fraction of sp³-hybridized carbons (Fsp3) is 0.571. The molecule has 1 aliphatic rings. The lowest BCUT2D eigenvalue weighted by molar-refractivity contribution is 0.381. The van der Waals surface area contributed by atoms with E-state index in [2.05, 4.69) is 46.9 Å². The molecule has 1 aromatic carbocycles. The number of benzene rings is 1. The van der Waals surface area contributed by atoms with Crippen molar-refractivity contribution in [1.29, 1.82) is 0 Å². The van der Waals surface area contributed by atoms with Gasteiger partial charge in [-0.05, 0) is 53.0 Å². The second kappa shape index (κ2) is 6.01. The molecule has 0 bridgehead atoms. The van der Waals surface area contributed by atoms with Crippen LogP contribution in [0.5, 0.6) is 0 Å². The largest absolute Gasteiger partial charge is 0.324 e. The molecule has 0 aliphatic heterocycles. The van der Waals surface area contributed by atoms with Crippen LogP contribution < -0.4 is 5.73 Å². The Kier molecular flexibility index (Phi) is 4.65. The van der Waals surface area contributed by atoms with Gasteiger partial charge in [-0.2, -0.15) is 0 Å². The van der Waals surface area contributed by atoms with Crippen molar-refractivity contribution < 1.29 is 0 Å². The summed E-state index contributed by atoms with van der Waals surface area (Å²) in [6.07, 6.45) is 8.14. The van der Waals surface area contributed by atoms with Gasteiger partial charge in [-0.15, -0.1) is 0 Å². The highest BCUT2D eigenvalue weighted by atomic mass is 127. The molecule has 88 valence electrons. The fourth-order valence-electron chi connectivity index (χ4n) is 2.67. The van der Waals surface area contributed by atoms with Gasteiger partial charge in [-0.3, -0.25) is 0 Å². The molecule has 1 nitrogen and oxygen atoms in total. The highest BCUT2D eigenvalue weighted by molar-refractivity contribution is 14.1. The minimum Gasteiger partial charge on any atom is -0.324 e. The van der Waals surface area contributed by atoms with Gasteiger partial charge in [-0.1, -0.05) is 43.9 Å². The third-order valence-electron chi connectivity index (χ3n) is 3.67. The Morgan fingerprint density at radius 3 is 2.31 bits per heavy atom. The molecule has 16 heavy (non-hydrogen) atoms. The molecule has 2 rings (SSSR count). The molecule has 1 unspecified atom stereocenters. The molecule has 1 atom stereocenters. The van der Waals surface area contributed by atoms with E-state index in [-0.39, 0.29) is 6.04 Å². The van der Waals surface area contributed by atoms with Crippen LogP contribution in [0.4, 0.5) is 0 Å². The van der Waals surface area contributed by atoms with Crippen molar-refractivity contribution in [2.45, 2.75) is 44.6 Å². The normalized spacial score (nSPS) is 20.4. The highest BCUT2D eigenvalue weighted by Crippen LogP contribution is 2.33. The van der Waals surface area contributed by atoms with Crippen LogP contribution in [0.25, 0.3) is 0 Å². The van der Waals surface area contributed by atoms with Gasteiger partial charge in [0.1, 0.15) is 0 Å². The molecule has 1 aromatic rings. The van der Waals surface area contributed by atoms with Gasteiger partial charge >= 0.3 is 0 Å². The molecule has 0 saturated heterocycles. The van der Waals surface area contributed by atoms with E-state index >= 15 is 0 Å². The van der Waals surface area contributed by atoms with Crippen LogP contribution in [0.15, 0.2) is 24.3 Å². The fourth-order valence-corrected chi connectivity index (χ4v) is 3.42. The molecular formula is C14H20IN. The van der Waals surface area contributed by atoms with E-state index in [0.717, 1.165) is 0 Å². The first kappa shape index (κ1) is 12.4. The van der Waals surface area contributed by atoms with Gasteiger partial charge in [0.2, 0.25) is 0 Å². The first-order valence-corrected chi connectivity index (χ1v) is 7.37. The Morgan fingerprint density at radius 1 is 1.06 bits per heavy atom. The molecule has 1 aliphatic carbocycles. The van der Waals surface area contributed by atoms with Crippen LogP contribution in [0.2, 0.25) is 0 Å². The topological polar surface area (TPSA) is 26.0 Å². The van der Waals surface area contributed by atoms with Crippen molar-refractivity contribution in [3.63, 3.8) is 0 Å². The quantitative estimate of drug-likeness (QED) is 0.637. The molecule has 0 aromatic heterocycles. The maximum atomic E-state index is 6.44. The van der Waals surface area contributed by atoms with Gasteiger partial charge in [0, 0.05) is 9.61 Å². The second-order valence-corrected chi connectivity index (χ2v) is 5.96. The number of nitrogens with two attached hydrogens (primary N) is 1. The van der Waals surface area contributed by atoms with Gasteiger partial charge in [-0.25, -0.2) is 0 Å². The third kappa shape index (κ3) is 2.98. The molecular weight excluding hydrogens is 309 g/mol. The lowest BCUT2D eigenvalue weighted by Gasteiger charge is -2.23. The van der Waals surface area contributed by atoms with E-state index in [1.54, 1.807) is 0 Å². The van der Waals surface area contributed by atoms with E-state index < -0.39 is 0 Å². The number of hydrogen-bond acceptors (Lipinski definition) is 1. The van der Waals surface area contributed by atoms with Crippen LogP contribution in [-0.4, -0.2) is 0 Å². The van der Waals surface area contributed by atoms with Crippen molar-refractivity contribution >= 4 is 22.6 Å². The summed E-state index contributed by atoms with van der Waals surface area (Å²) in [5.41, 5.74) is 7.78. The Morgan fingerprint density at radius 2 is 1.69 bits per heavy atom. The van der Waals surface area contributed by atoms with Crippen molar-refractivity contribution in [2.24, 2.45) is 11.7 Å². The summed E-state index contributed by atoms with van der Waals surface area (Å²) in [7, 11) is 0. The maximum absolute atomic E-state index is 6.44. The summed E-state index contributed by atoms with van der Waals surface area (Å²) >= 11 is 2.40. The Hall–Kier alpha value is -0.0900. The monoisotopic (exact) mass is 329 g/mol. The average molecular weight is 329 g/mol. The maximum Gasteiger partial charge on any atom is 0.0334 e. The standard InChI is InChI=1S/C14H20IN/c15-13-10-6-5-9-12(13)14(16)11-7-3-1-2-4-8-11/h5-6,9-11,14H,1-4,7-8,16H2. The Labute approximate surface area is 112 Å². The van der Waals surface area contributed by atoms with Crippen molar-refractivity contribution in [2.75, 3.05) is 0 Å². The lowest BCUT2D eigenvalue weighted by atomic mass is 9.88. The van der Waals surface area contributed by atoms with E-state index in [4.69, 9.17) is 5.73 Å². The van der Waals surface area contributed by atoms with Crippen molar-refractivity contribution in [3.05, 3.63) is 33.4 Å². The number of rotatable bonds is 2. The third-order valence-corrected chi connectivity index (χ3v) is 4.65. The van der Waals surface area contributed by atoms with Crippen molar-refractivity contribution in [1.82, 2.24) is 0 Å². The lowest BCUT2D eigenvalue weighted by Crippen LogP contribution is -2.22. The smallest absolute Gasteiger partial charge is 0.0334 e. The predicted octanol–water partition coefficient (Wildman–Crippen LogP) is 4.26. The molecule has 0 heterocycles. The first-order valence-electron chi connectivity index (χ1n) is 6.29. The van der Waals surface area contributed by atoms with Crippen LogP contribution in [-0.2, 0) is 0 Å². The Balaban J connectivity index is 2.11. The minimum absolute atomic E-state index is 0.242. The van der Waals surface area contributed by atoms with Crippen LogP contribution in [0.1, 0.15) is 50.1 Å².